The van der Waals surface area contributed by atoms with Crippen molar-refractivity contribution in [1.29, 1.82) is 0 Å². The molecule has 0 fully saturated rings. The van der Waals surface area contributed by atoms with Gasteiger partial charge in [-0.3, -0.25) is 14.5 Å². The minimum atomic E-state index is -0.893. The van der Waals surface area contributed by atoms with Gasteiger partial charge in [-0.25, -0.2) is 0 Å². The lowest BCUT2D eigenvalue weighted by Crippen LogP contribution is -2.41. The summed E-state index contributed by atoms with van der Waals surface area (Å²) in [6.07, 6.45) is 0. The van der Waals surface area contributed by atoms with Crippen LogP contribution in [-0.4, -0.2) is 41.0 Å². The van der Waals surface area contributed by atoms with E-state index < -0.39 is 11.9 Å². The number of carboxylic acids is 1. The summed E-state index contributed by atoms with van der Waals surface area (Å²) in [7, 11) is 0. The molecule has 0 aliphatic carbocycles. The first-order valence-electron chi connectivity index (χ1n) is 4.59. The molecule has 82 valence electrons. The molecule has 1 atom stereocenters. The summed E-state index contributed by atoms with van der Waals surface area (Å²) >= 11 is 0. The number of carboxylic acid groups (broad SMARTS) is 1. The van der Waals surface area contributed by atoms with Gasteiger partial charge in [0, 0.05) is 18.5 Å². The highest BCUT2D eigenvalue weighted by Crippen LogP contribution is 2.03. The summed E-state index contributed by atoms with van der Waals surface area (Å²) in [5.41, 5.74) is 5.10. The Labute approximate surface area is 83.9 Å². The highest BCUT2D eigenvalue weighted by molar-refractivity contribution is 5.76. The van der Waals surface area contributed by atoms with E-state index in [0.29, 0.717) is 6.54 Å². The lowest BCUT2D eigenvalue weighted by atomic mass is 10.1. The van der Waals surface area contributed by atoms with Crippen LogP contribution >= 0.6 is 0 Å². The summed E-state index contributed by atoms with van der Waals surface area (Å²) < 4.78 is 0. The molecule has 5 heteroatoms. The maximum atomic E-state index is 10.8. The fourth-order valence-corrected chi connectivity index (χ4v) is 1.07. The summed E-state index contributed by atoms with van der Waals surface area (Å²) in [5.74, 6) is -1.62. The molecule has 1 amide bonds. The number of amides is 1. The number of carbonyl (C=O) groups excluding carboxylic acids is 1. The summed E-state index contributed by atoms with van der Waals surface area (Å²) in [4.78, 5) is 23.0. The van der Waals surface area contributed by atoms with Crippen LogP contribution in [-0.2, 0) is 9.59 Å². The molecule has 0 aromatic rings. The lowest BCUT2D eigenvalue weighted by molar-refractivity contribution is -0.139. The quantitative estimate of drug-likeness (QED) is 0.630. The standard InChI is InChI=1S/C9H18N2O3/c1-6(2)11(5-8(12)13)4-7(3)9(10)14/h6-7H,4-5H2,1-3H3,(H2,10,14)(H,12,13). The highest BCUT2D eigenvalue weighted by atomic mass is 16.4. The third-order valence-corrected chi connectivity index (χ3v) is 2.06. The van der Waals surface area contributed by atoms with E-state index in [1.807, 2.05) is 13.8 Å². The Morgan fingerprint density at radius 2 is 1.86 bits per heavy atom. The molecule has 0 saturated heterocycles. The van der Waals surface area contributed by atoms with Gasteiger partial charge < -0.3 is 10.8 Å². The van der Waals surface area contributed by atoms with E-state index in [2.05, 4.69) is 0 Å². The van der Waals surface area contributed by atoms with E-state index in [0.717, 1.165) is 0 Å². The average molecular weight is 202 g/mol. The minimum Gasteiger partial charge on any atom is -0.480 e. The van der Waals surface area contributed by atoms with Crippen LogP contribution in [0.2, 0.25) is 0 Å². The van der Waals surface area contributed by atoms with Gasteiger partial charge in [0.15, 0.2) is 0 Å². The molecular weight excluding hydrogens is 184 g/mol. The molecule has 0 bridgehead atoms. The van der Waals surface area contributed by atoms with Crippen molar-refractivity contribution in [2.45, 2.75) is 26.8 Å². The SMILES string of the molecule is CC(CN(CC(=O)O)C(C)C)C(N)=O. The molecule has 0 heterocycles. The number of aliphatic carboxylic acids is 1. The van der Waals surface area contributed by atoms with E-state index in [9.17, 15) is 9.59 Å². The summed E-state index contributed by atoms with van der Waals surface area (Å²) in [6, 6.07) is 0.0906. The maximum Gasteiger partial charge on any atom is 0.317 e. The molecule has 0 radical (unpaired) electrons. The number of hydrogen-bond donors (Lipinski definition) is 2. The first kappa shape index (κ1) is 12.9. The number of rotatable bonds is 6. The number of nitrogens with two attached hydrogens (primary N) is 1. The van der Waals surface area contributed by atoms with Crippen LogP contribution in [0.15, 0.2) is 0 Å². The molecule has 1 unspecified atom stereocenters. The predicted molar refractivity (Wildman–Crippen MR) is 52.7 cm³/mol. The monoisotopic (exact) mass is 202 g/mol. The third-order valence-electron chi connectivity index (χ3n) is 2.06. The molecule has 0 saturated carbocycles. The molecule has 0 aromatic carbocycles. The summed E-state index contributed by atoms with van der Waals surface area (Å²) in [6.45, 7) is 5.79. The van der Waals surface area contributed by atoms with Crippen molar-refractivity contribution in [2.24, 2.45) is 11.7 Å². The van der Waals surface area contributed by atoms with Gasteiger partial charge in [0.05, 0.1) is 6.54 Å². The highest BCUT2D eigenvalue weighted by Gasteiger charge is 2.18. The first-order chi connectivity index (χ1) is 6.34. The smallest absolute Gasteiger partial charge is 0.317 e. The fraction of sp³-hybridized carbons (Fsp3) is 0.778. The van der Waals surface area contributed by atoms with Crippen molar-refractivity contribution in [3.63, 3.8) is 0 Å². The molecule has 0 aromatic heterocycles. The normalized spacial score (nSPS) is 13.2. The Bertz CT molecular complexity index is 216. The second kappa shape index (κ2) is 5.59. The van der Waals surface area contributed by atoms with E-state index in [1.54, 1.807) is 11.8 Å². The Hall–Kier alpha value is -1.10. The largest absolute Gasteiger partial charge is 0.480 e. The van der Waals surface area contributed by atoms with Gasteiger partial charge in [-0.2, -0.15) is 0 Å². The van der Waals surface area contributed by atoms with Gasteiger partial charge >= 0.3 is 5.97 Å². The van der Waals surface area contributed by atoms with Crippen LogP contribution in [0.1, 0.15) is 20.8 Å². The Morgan fingerprint density at radius 3 is 2.14 bits per heavy atom. The van der Waals surface area contributed by atoms with Crippen LogP contribution < -0.4 is 5.73 Å². The van der Waals surface area contributed by atoms with Crippen molar-refractivity contribution in [1.82, 2.24) is 4.90 Å². The topological polar surface area (TPSA) is 83.6 Å². The molecular formula is C9H18N2O3. The van der Waals surface area contributed by atoms with Gasteiger partial charge in [0.25, 0.3) is 0 Å². The minimum absolute atomic E-state index is 0.0602. The van der Waals surface area contributed by atoms with Crippen molar-refractivity contribution in [2.75, 3.05) is 13.1 Å². The van der Waals surface area contributed by atoms with E-state index in [4.69, 9.17) is 10.8 Å². The van der Waals surface area contributed by atoms with Gasteiger partial charge in [-0.1, -0.05) is 6.92 Å². The Balaban J connectivity index is 4.22. The molecule has 3 N–H and O–H groups in total. The first-order valence-corrected chi connectivity index (χ1v) is 4.59. The van der Waals surface area contributed by atoms with Gasteiger partial charge in [0.1, 0.15) is 0 Å². The second-order valence-corrected chi connectivity index (χ2v) is 3.72. The predicted octanol–water partition coefficient (Wildman–Crippen LogP) is -0.0972. The fourth-order valence-electron chi connectivity index (χ4n) is 1.07. The zero-order valence-corrected chi connectivity index (χ0v) is 8.86. The van der Waals surface area contributed by atoms with Crippen LogP contribution in [0.4, 0.5) is 0 Å². The van der Waals surface area contributed by atoms with Gasteiger partial charge in [-0.15, -0.1) is 0 Å². The summed E-state index contributed by atoms with van der Waals surface area (Å²) in [5, 5.41) is 8.63. The number of primary amides is 1. The van der Waals surface area contributed by atoms with Crippen LogP contribution in [0, 0.1) is 5.92 Å². The van der Waals surface area contributed by atoms with E-state index in [-0.39, 0.29) is 18.5 Å². The third kappa shape index (κ3) is 4.81. The van der Waals surface area contributed by atoms with Gasteiger partial charge in [0.2, 0.25) is 5.91 Å². The average Bonchev–Trinajstić information content (AvgIpc) is 2.01. The van der Waals surface area contributed by atoms with Crippen molar-refractivity contribution >= 4 is 11.9 Å². The number of hydrogen-bond acceptors (Lipinski definition) is 3. The van der Waals surface area contributed by atoms with Gasteiger partial charge in [-0.05, 0) is 13.8 Å². The Morgan fingerprint density at radius 1 is 1.36 bits per heavy atom. The van der Waals surface area contributed by atoms with Crippen molar-refractivity contribution < 1.29 is 14.7 Å². The number of nitrogens with zero attached hydrogens (tertiary/aromatic N) is 1. The second-order valence-electron chi connectivity index (χ2n) is 3.72. The molecule has 0 rings (SSSR count). The van der Waals surface area contributed by atoms with Crippen LogP contribution in [0.5, 0.6) is 0 Å². The van der Waals surface area contributed by atoms with Crippen LogP contribution in [0.25, 0.3) is 0 Å². The van der Waals surface area contributed by atoms with E-state index >= 15 is 0 Å². The molecule has 14 heavy (non-hydrogen) atoms. The maximum absolute atomic E-state index is 10.8. The lowest BCUT2D eigenvalue weighted by Gasteiger charge is -2.26. The van der Waals surface area contributed by atoms with Crippen LogP contribution in [0.3, 0.4) is 0 Å². The molecule has 0 aliphatic rings. The zero-order valence-electron chi connectivity index (χ0n) is 8.86. The molecule has 0 aliphatic heterocycles. The molecule has 0 spiro atoms. The molecule has 5 nitrogen and oxygen atoms in total. The number of carbonyl (C=O) groups is 2. The van der Waals surface area contributed by atoms with Crippen molar-refractivity contribution in [3.8, 4) is 0 Å². The zero-order chi connectivity index (χ0) is 11.3. The van der Waals surface area contributed by atoms with Crippen molar-refractivity contribution in [3.05, 3.63) is 0 Å². The van der Waals surface area contributed by atoms with E-state index in [1.165, 1.54) is 0 Å². The Kier molecular flexibility index (Phi) is 5.15.